The van der Waals surface area contributed by atoms with Crippen molar-refractivity contribution in [3.05, 3.63) is 71.0 Å². The van der Waals surface area contributed by atoms with Crippen LogP contribution in [0, 0.1) is 0 Å². The molecule has 2 aromatic heterocycles. The van der Waals surface area contributed by atoms with Crippen LogP contribution in [0.1, 0.15) is 6.92 Å². The Morgan fingerprint density at radius 2 is 1.82 bits per heavy atom. The molecule has 1 N–H and O–H groups in total. The fraction of sp³-hybridized carbons (Fsp3) is 0.160. The number of carbonyl (C=O) groups is 1. The SMILES string of the molecule is CCn1c(SCC(=O)Nc2cc3oc4ccccc4c3cc2OC)nc2ccccc2c1=O. The van der Waals surface area contributed by atoms with E-state index in [1.807, 2.05) is 49.4 Å². The average molecular weight is 460 g/mol. The summed E-state index contributed by atoms with van der Waals surface area (Å²) in [5.41, 5.74) is 2.47. The Bertz CT molecular complexity index is 1570. The molecule has 0 aliphatic rings. The molecular weight excluding hydrogens is 438 g/mol. The summed E-state index contributed by atoms with van der Waals surface area (Å²) in [6, 6.07) is 18.6. The first-order valence-electron chi connectivity index (χ1n) is 10.5. The van der Waals surface area contributed by atoms with Gasteiger partial charge in [-0.25, -0.2) is 4.98 Å². The Labute approximate surface area is 193 Å². The molecular formula is C25H21N3O4S. The Morgan fingerprint density at radius 1 is 1.06 bits per heavy atom. The van der Waals surface area contributed by atoms with Crippen molar-refractivity contribution >= 4 is 56.2 Å². The zero-order valence-corrected chi connectivity index (χ0v) is 18.9. The Kier molecular flexibility index (Phi) is 5.51. The predicted molar refractivity (Wildman–Crippen MR) is 131 cm³/mol. The summed E-state index contributed by atoms with van der Waals surface area (Å²) in [6.07, 6.45) is 0. The van der Waals surface area contributed by atoms with Gasteiger partial charge in [0.25, 0.3) is 5.56 Å². The van der Waals surface area contributed by atoms with Gasteiger partial charge in [0, 0.05) is 23.4 Å². The average Bonchev–Trinajstić information content (AvgIpc) is 3.19. The summed E-state index contributed by atoms with van der Waals surface area (Å²) in [7, 11) is 1.56. The van der Waals surface area contributed by atoms with Crippen molar-refractivity contribution < 1.29 is 13.9 Å². The lowest BCUT2D eigenvalue weighted by Gasteiger charge is -2.12. The minimum atomic E-state index is -0.237. The maximum Gasteiger partial charge on any atom is 0.262 e. The molecule has 0 saturated carbocycles. The Balaban J connectivity index is 1.40. The van der Waals surface area contributed by atoms with Crippen molar-refractivity contribution in [2.75, 3.05) is 18.2 Å². The standard InChI is InChI=1S/C25H21N3O4S/c1-3-28-24(30)16-9-4-6-10-18(16)27-25(28)33-14-23(29)26-19-13-21-17(12-22(19)31-2)15-8-5-7-11-20(15)32-21/h4-13H,3,14H2,1-2H3,(H,26,29). The molecule has 0 unspecified atom stereocenters. The van der Waals surface area contributed by atoms with Crippen LogP contribution in [0.15, 0.2) is 75.0 Å². The van der Waals surface area contributed by atoms with Crippen LogP contribution in [0.5, 0.6) is 5.75 Å². The molecule has 0 aliphatic carbocycles. The first-order chi connectivity index (χ1) is 16.1. The van der Waals surface area contributed by atoms with Crippen LogP contribution in [-0.4, -0.2) is 28.3 Å². The first kappa shape index (κ1) is 21.1. The van der Waals surface area contributed by atoms with Crippen molar-refractivity contribution in [3.8, 4) is 5.75 Å². The number of rotatable bonds is 6. The van der Waals surface area contributed by atoms with Gasteiger partial charge >= 0.3 is 0 Å². The fourth-order valence-corrected chi connectivity index (χ4v) is 4.73. The number of nitrogens with one attached hydrogen (secondary N) is 1. The number of hydrogen-bond donors (Lipinski definition) is 1. The van der Waals surface area contributed by atoms with E-state index in [4.69, 9.17) is 9.15 Å². The number of carbonyl (C=O) groups excluding carboxylic acids is 1. The molecule has 8 heteroatoms. The maximum absolute atomic E-state index is 12.8. The summed E-state index contributed by atoms with van der Waals surface area (Å²) >= 11 is 1.22. The third-order valence-corrected chi connectivity index (χ3v) is 6.42. The van der Waals surface area contributed by atoms with E-state index in [9.17, 15) is 9.59 Å². The summed E-state index contributed by atoms with van der Waals surface area (Å²) in [5, 5.41) is 5.88. The molecule has 33 heavy (non-hydrogen) atoms. The third-order valence-electron chi connectivity index (χ3n) is 5.45. The molecule has 7 nitrogen and oxygen atoms in total. The molecule has 0 saturated heterocycles. The number of aromatic nitrogens is 2. The lowest BCUT2D eigenvalue weighted by atomic mass is 10.1. The number of thioether (sulfide) groups is 1. The quantitative estimate of drug-likeness (QED) is 0.282. The number of furan rings is 1. The maximum atomic E-state index is 12.8. The monoisotopic (exact) mass is 459 g/mol. The summed E-state index contributed by atoms with van der Waals surface area (Å²) in [4.78, 5) is 30.1. The second kappa shape index (κ2) is 8.63. The van der Waals surface area contributed by atoms with E-state index in [1.54, 1.807) is 29.9 Å². The van der Waals surface area contributed by atoms with Gasteiger partial charge in [-0.3, -0.25) is 14.2 Å². The highest BCUT2D eigenvalue weighted by atomic mass is 32.2. The molecule has 0 aliphatic heterocycles. The highest BCUT2D eigenvalue weighted by Gasteiger charge is 2.16. The van der Waals surface area contributed by atoms with E-state index in [2.05, 4.69) is 10.3 Å². The topological polar surface area (TPSA) is 86.4 Å². The zero-order chi connectivity index (χ0) is 22.9. The minimum Gasteiger partial charge on any atom is -0.495 e. The lowest BCUT2D eigenvalue weighted by molar-refractivity contribution is -0.113. The van der Waals surface area contributed by atoms with E-state index in [0.717, 1.165) is 16.4 Å². The second-order valence-corrected chi connectivity index (χ2v) is 8.39. The van der Waals surface area contributed by atoms with Crippen molar-refractivity contribution in [1.29, 1.82) is 0 Å². The second-order valence-electron chi connectivity index (χ2n) is 7.44. The number of methoxy groups -OCH3 is 1. The summed E-state index contributed by atoms with van der Waals surface area (Å²) in [6.45, 7) is 2.35. The van der Waals surface area contributed by atoms with Gasteiger partial charge in [0.15, 0.2) is 5.16 Å². The normalized spacial score (nSPS) is 11.3. The van der Waals surface area contributed by atoms with Gasteiger partial charge in [0.05, 0.1) is 29.5 Å². The molecule has 2 heterocycles. The van der Waals surface area contributed by atoms with Gasteiger partial charge in [-0.15, -0.1) is 0 Å². The number of para-hydroxylation sites is 2. The van der Waals surface area contributed by atoms with E-state index in [1.165, 1.54) is 11.8 Å². The molecule has 1 amide bonds. The third kappa shape index (κ3) is 3.82. The van der Waals surface area contributed by atoms with Gasteiger partial charge in [-0.2, -0.15) is 0 Å². The molecule has 5 rings (SSSR count). The highest BCUT2D eigenvalue weighted by Crippen LogP contribution is 2.36. The van der Waals surface area contributed by atoms with Crippen LogP contribution in [0.25, 0.3) is 32.8 Å². The van der Waals surface area contributed by atoms with Gasteiger partial charge in [-0.05, 0) is 31.2 Å². The number of ether oxygens (including phenoxy) is 1. The first-order valence-corrected chi connectivity index (χ1v) is 11.5. The van der Waals surface area contributed by atoms with Crippen LogP contribution >= 0.6 is 11.8 Å². The van der Waals surface area contributed by atoms with Crippen LogP contribution < -0.4 is 15.6 Å². The van der Waals surface area contributed by atoms with Gasteiger partial charge in [0.2, 0.25) is 5.91 Å². The molecule has 0 fully saturated rings. The molecule has 5 aromatic rings. The molecule has 0 atom stereocenters. The fourth-order valence-electron chi connectivity index (χ4n) is 3.87. The van der Waals surface area contributed by atoms with E-state index >= 15 is 0 Å². The van der Waals surface area contributed by atoms with Crippen LogP contribution in [0.4, 0.5) is 5.69 Å². The predicted octanol–water partition coefficient (Wildman–Crippen LogP) is 5.06. The Hall–Kier alpha value is -3.78. The molecule has 0 bridgehead atoms. The number of anilines is 1. The van der Waals surface area contributed by atoms with Crippen molar-refractivity contribution in [2.24, 2.45) is 0 Å². The summed E-state index contributed by atoms with van der Waals surface area (Å²) in [5.74, 6) is 0.395. The molecule has 3 aromatic carbocycles. The lowest BCUT2D eigenvalue weighted by Crippen LogP contribution is -2.23. The smallest absolute Gasteiger partial charge is 0.262 e. The van der Waals surface area contributed by atoms with Crippen LogP contribution in [0.3, 0.4) is 0 Å². The van der Waals surface area contributed by atoms with Crippen LogP contribution in [0.2, 0.25) is 0 Å². The summed E-state index contributed by atoms with van der Waals surface area (Å²) < 4.78 is 13.0. The minimum absolute atomic E-state index is 0.0894. The van der Waals surface area contributed by atoms with Crippen LogP contribution in [-0.2, 0) is 11.3 Å². The van der Waals surface area contributed by atoms with Gasteiger partial charge in [0.1, 0.15) is 16.9 Å². The van der Waals surface area contributed by atoms with Gasteiger partial charge < -0.3 is 14.5 Å². The van der Waals surface area contributed by atoms with E-state index in [0.29, 0.717) is 39.6 Å². The largest absolute Gasteiger partial charge is 0.495 e. The van der Waals surface area contributed by atoms with Crippen molar-refractivity contribution in [1.82, 2.24) is 9.55 Å². The molecule has 0 radical (unpaired) electrons. The molecule has 166 valence electrons. The zero-order valence-electron chi connectivity index (χ0n) is 18.1. The van der Waals surface area contributed by atoms with E-state index < -0.39 is 0 Å². The van der Waals surface area contributed by atoms with Crippen molar-refractivity contribution in [2.45, 2.75) is 18.6 Å². The number of hydrogen-bond acceptors (Lipinski definition) is 6. The number of benzene rings is 3. The number of fused-ring (bicyclic) bond motifs is 4. The Morgan fingerprint density at radius 3 is 2.61 bits per heavy atom. The van der Waals surface area contributed by atoms with Gasteiger partial charge in [-0.1, -0.05) is 42.1 Å². The number of amides is 1. The number of nitrogens with zero attached hydrogens (tertiary/aromatic N) is 2. The molecule has 0 spiro atoms. The van der Waals surface area contributed by atoms with Crippen molar-refractivity contribution in [3.63, 3.8) is 0 Å². The highest BCUT2D eigenvalue weighted by molar-refractivity contribution is 7.99. The van der Waals surface area contributed by atoms with E-state index in [-0.39, 0.29) is 17.2 Å².